The van der Waals surface area contributed by atoms with E-state index >= 15 is 0 Å². The maximum absolute atomic E-state index is 6.42. The molecule has 0 saturated heterocycles. The van der Waals surface area contributed by atoms with Crippen LogP contribution in [0.3, 0.4) is 0 Å². The monoisotopic (exact) mass is 290 g/mol. The van der Waals surface area contributed by atoms with Crippen molar-refractivity contribution in [1.82, 2.24) is 4.98 Å². The molecule has 1 unspecified atom stereocenters. The minimum Gasteiger partial charge on any atom is -0.321 e. The molecule has 0 saturated carbocycles. The Morgan fingerprint density at radius 2 is 1.82 bits per heavy atom. The number of pyridine rings is 1. The van der Waals surface area contributed by atoms with Gasteiger partial charge >= 0.3 is 0 Å². The van der Waals surface area contributed by atoms with Crippen molar-refractivity contribution < 1.29 is 0 Å². The van der Waals surface area contributed by atoms with E-state index in [1.807, 2.05) is 37.3 Å². The highest BCUT2D eigenvalue weighted by Crippen LogP contribution is 2.28. The second kappa shape index (κ2) is 4.98. The van der Waals surface area contributed by atoms with Gasteiger partial charge < -0.3 is 5.73 Å². The van der Waals surface area contributed by atoms with Crippen molar-refractivity contribution in [2.24, 2.45) is 5.73 Å². The van der Waals surface area contributed by atoms with Crippen molar-refractivity contribution in [3.8, 4) is 0 Å². The van der Waals surface area contributed by atoms with Gasteiger partial charge in [0.1, 0.15) is 0 Å². The van der Waals surface area contributed by atoms with Crippen LogP contribution in [0.5, 0.6) is 0 Å². The highest BCUT2D eigenvalue weighted by atomic mass is 79.9. The molecule has 0 aliphatic rings. The predicted octanol–water partition coefficient (Wildman–Crippen LogP) is 3.26. The van der Waals surface area contributed by atoms with Crippen LogP contribution < -0.4 is 5.73 Å². The summed E-state index contributed by atoms with van der Waals surface area (Å²) in [5, 5.41) is 0. The van der Waals surface area contributed by atoms with Crippen LogP contribution >= 0.6 is 15.9 Å². The van der Waals surface area contributed by atoms with Gasteiger partial charge in [-0.05, 0) is 42.7 Å². The Kier molecular flexibility index (Phi) is 3.60. The van der Waals surface area contributed by atoms with E-state index in [1.54, 1.807) is 12.4 Å². The van der Waals surface area contributed by atoms with Crippen molar-refractivity contribution in [3.63, 3.8) is 0 Å². The second-order valence-electron chi connectivity index (χ2n) is 4.43. The number of benzene rings is 1. The molecule has 17 heavy (non-hydrogen) atoms. The molecule has 1 aromatic heterocycles. The van der Waals surface area contributed by atoms with Crippen LogP contribution in [0.4, 0.5) is 0 Å². The Balaban J connectivity index is 2.28. The van der Waals surface area contributed by atoms with Crippen molar-refractivity contribution in [2.75, 3.05) is 0 Å². The highest BCUT2D eigenvalue weighted by molar-refractivity contribution is 9.10. The first-order valence-corrected chi connectivity index (χ1v) is 6.32. The van der Waals surface area contributed by atoms with Gasteiger partial charge in [0.05, 0.1) is 0 Å². The Labute approximate surface area is 110 Å². The van der Waals surface area contributed by atoms with Gasteiger partial charge in [-0.15, -0.1) is 0 Å². The Bertz CT molecular complexity index is 495. The summed E-state index contributed by atoms with van der Waals surface area (Å²) in [5.41, 5.74) is 8.35. The molecule has 3 heteroatoms. The molecule has 0 aliphatic heterocycles. The number of aromatic nitrogens is 1. The highest BCUT2D eigenvalue weighted by Gasteiger charge is 2.23. The first kappa shape index (κ1) is 12.3. The summed E-state index contributed by atoms with van der Waals surface area (Å²) in [6.07, 6.45) is 4.38. The topological polar surface area (TPSA) is 38.9 Å². The van der Waals surface area contributed by atoms with Crippen LogP contribution in [-0.2, 0) is 12.0 Å². The lowest BCUT2D eigenvalue weighted by Crippen LogP contribution is -2.35. The van der Waals surface area contributed by atoms with Crippen LogP contribution in [0.15, 0.2) is 53.3 Å². The molecule has 1 aromatic carbocycles. The summed E-state index contributed by atoms with van der Waals surface area (Å²) in [7, 11) is 0. The molecule has 0 radical (unpaired) electrons. The molecule has 88 valence electrons. The zero-order chi connectivity index (χ0) is 12.3. The fraction of sp³-hybridized carbons (Fsp3) is 0.214. The number of rotatable bonds is 3. The summed E-state index contributed by atoms with van der Waals surface area (Å²) in [6.45, 7) is 2.05. The van der Waals surface area contributed by atoms with Gasteiger partial charge in [-0.3, -0.25) is 4.98 Å². The maximum atomic E-state index is 6.42. The molecule has 1 atom stereocenters. The maximum Gasteiger partial charge on any atom is 0.0433 e. The van der Waals surface area contributed by atoms with Crippen molar-refractivity contribution in [1.29, 1.82) is 0 Å². The van der Waals surface area contributed by atoms with Gasteiger partial charge in [-0.2, -0.15) is 0 Å². The van der Waals surface area contributed by atoms with Gasteiger partial charge in [0, 0.05) is 22.4 Å². The van der Waals surface area contributed by atoms with E-state index < -0.39 is 0 Å². The van der Waals surface area contributed by atoms with E-state index in [1.165, 1.54) is 5.56 Å². The van der Waals surface area contributed by atoms with Crippen LogP contribution in [0, 0.1) is 0 Å². The van der Waals surface area contributed by atoms with E-state index in [0.29, 0.717) is 0 Å². The third-order valence-electron chi connectivity index (χ3n) is 2.81. The van der Waals surface area contributed by atoms with E-state index in [0.717, 1.165) is 16.5 Å². The SMILES string of the molecule is CC(N)(Cc1ccncc1)c1ccccc1Br. The summed E-state index contributed by atoms with van der Waals surface area (Å²) in [5.74, 6) is 0. The standard InChI is InChI=1S/C14H15BrN2/c1-14(16,10-11-6-8-17-9-7-11)12-4-2-3-5-13(12)15/h2-9H,10,16H2,1H3. The van der Waals surface area contributed by atoms with Gasteiger partial charge in [0.15, 0.2) is 0 Å². The number of halogens is 1. The minimum absolute atomic E-state index is 0.387. The first-order chi connectivity index (χ1) is 8.09. The smallest absolute Gasteiger partial charge is 0.0433 e. The molecule has 2 nitrogen and oxygen atoms in total. The second-order valence-corrected chi connectivity index (χ2v) is 5.28. The fourth-order valence-corrected chi connectivity index (χ4v) is 2.68. The molecule has 0 amide bonds. The molecule has 1 heterocycles. The average Bonchev–Trinajstić information content (AvgIpc) is 2.30. The molecule has 0 bridgehead atoms. The van der Waals surface area contributed by atoms with Gasteiger partial charge in [-0.25, -0.2) is 0 Å². The molecular weight excluding hydrogens is 276 g/mol. The normalized spacial score (nSPS) is 14.3. The summed E-state index contributed by atoms with van der Waals surface area (Å²) < 4.78 is 1.05. The predicted molar refractivity (Wildman–Crippen MR) is 73.6 cm³/mol. The molecule has 0 fully saturated rings. The Morgan fingerprint density at radius 3 is 2.47 bits per heavy atom. The largest absolute Gasteiger partial charge is 0.321 e. The number of hydrogen-bond donors (Lipinski definition) is 1. The molecule has 0 aliphatic carbocycles. The number of nitrogens with zero attached hydrogens (tertiary/aromatic N) is 1. The van der Waals surface area contributed by atoms with Crippen LogP contribution in [0.2, 0.25) is 0 Å². The molecule has 2 rings (SSSR count). The summed E-state index contributed by atoms with van der Waals surface area (Å²) >= 11 is 3.55. The van der Waals surface area contributed by atoms with Crippen LogP contribution in [-0.4, -0.2) is 4.98 Å². The fourth-order valence-electron chi connectivity index (χ4n) is 1.94. The third kappa shape index (κ3) is 2.93. The lowest BCUT2D eigenvalue weighted by molar-refractivity contribution is 0.489. The third-order valence-corrected chi connectivity index (χ3v) is 3.50. The molecular formula is C14H15BrN2. The number of hydrogen-bond acceptors (Lipinski definition) is 2. The van der Waals surface area contributed by atoms with Crippen LogP contribution in [0.1, 0.15) is 18.1 Å². The first-order valence-electron chi connectivity index (χ1n) is 5.52. The van der Waals surface area contributed by atoms with E-state index in [2.05, 4.69) is 27.0 Å². The zero-order valence-electron chi connectivity index (χ0n) is 9.73. The van der Waals surface area contributed by atoms with Crippen molar-refractivity contribution in [2.45, 2.75) is 18.9 Å². The van der Waals surface area contributed by atoms with Crippen molar-refractivity contribution >= 4 is 15.9 Å². The minimum atomic E-state index is -0.387. The van der Waals surface area contributed by atoms with Crippen LogP contribution in [0.25, 0.3) is 0 Å². The Hall–Kier alpha value is -1.19. The lowest BCUT2D eigenvalue weighted by Gasteiger charge is -2.26. The summed E-state index contributed by atoms with van der Waals surface area (Å²) in [6, 6.07) is 12.1. The lowest BCUT2D eigenvalue weighted by atomic mass is 9.87. The van der Waals surface area contributed by atoms with Crippen molar-refractivity contribution in [3.05, 3.63) is 64.4 Å². The summed E-state index contributed by atoms with van der Waals surface area (Å²) in [4.78, 5) is 4.02. The van der Waals surface area contributed by atoms with E-state index in [9.17, 15) is 0 Å². The average molecular weight is 291 g/mol. The Morgan fingerprint density at radius 1 is 1.18 bits per heavy atom. The quantitative estimate of drug-likeness (QED) is 0.942. The number of nitrogens with two attached hydrogens (primary N) is 1. The molecule has 2 aromatic rings. The van der Waals surface area contributed by atoms with E-state index in [-0.39, 0.29) is 5.54 Å². The molecule has 2 N–H and O–H groups in total. The van der Waals surface area contributed by atoms with Gasteiger partial charge in [0.25, 0.3) is 0 Å². The zero-order valence-corrected chi connectivity index (χ0v) is 11.3. The molecule has 0 spiro atoms. The van der Waals surface area contributed by atoms with E-state index in [4.69, 9.17) is 5.73 Å². The van der Waals surface area contributed by atoms with Gasteiger partial charge in [0.2, 0.25) is 0 Å². The van der Waals surface area contributed by atoms with Gasteiger partial charge in [-0.1, -0.05) is 34.1 Å².